The maximum Gasteiger partial charge on any atom is 0.135 e. The number of hydrogen-bond donors (Lipinski definition) is 0. The van der Waals surface area contributed by atoms with Gasteiger partial charge < -0.3 is 0 Å². The summed E-state index contributed by atoms with van der Waals surface area (Å²) in [5.74, 6) is 6.95. The third kappa shape index (κ3) is 17.8. The van der Waals surface area contributed by atoms with Crippen LogP contribution in [-0.4, -0.2) is 11.4 Å². The largest absolute Gasteiger partial charge is 0.251 e. The van der Waals surface area contributed by atoms with E-state index in [4.69, 9.17) is 9.98 Å². The number of rotatable bonds is 24. The molecule has 0 aliphatic rings. The van der Waals surface area contributed by atoms with Crippen LogP contribution in [0.4, 0.5) is 11.4 Å². The summed E-state index contributed by atoms with van der Waals surface area (Å²) in [6.07, 6.45) is 26.2. The van der Waals surface area contributed by atoms with E-state index in [1.807, 2.05) is 0 Å². The van der Waals surface area contributed by atoms with Gasteiger partial charge in [-0.25, -0.2) is 4.99 Å². The van der Waals surface area contributed by atoms with Gasteiger partial charge in [-0.1, -0.05) is 124 Å². The molecule has 0 aromatic heterocycles. The second-order valence-corrected chi connectivity index (χ2v) is 13.3. The summed E-state index contributed by atoms with van der Waals surface area (Å²) in [5, 5.41) is 0. The first-order valence-electron chi connectivity index (χ1n) is 19.5. The minimum absolute atomic E-state index is 0. The molecule has 0 unspecified atom stereocenters. The van der Waals surface area contributed by atoms with Crippen LogP contribution in [0.5, 0.6) is 0 Å². The van der Waals surface area contributed by atoms with E-state index >= 15 is 0 Å². The monoisotopic (exact) mass is 730 g/mol. The zero-order chi connectivity index (χ0) is 33.2. The molecular formula is C44H68N2Pd. The number of aliphatic imine (C=N–C) groups is 2. The second-order valence-electron chi connectivity index (χ2n) is 13.3. The van der Waals surface area contributed by atoms with E-state index in [1.54, 1.807) is 0 Å². The Bertz CT molecular complexity index is 1230. The van der Waals surface area contributed by atoms with E-state index in [2.05, 4.69) is 89.8 Å². The van der Waals surface area contributed by atoms with Crippen LogP contribution in [-0.2, 0) is 46.1 Å². The Morgan fingerprint density at radius 2 is 0.915 bits per heavy atom. The molecule has 2 aromatic carbocycles. The fourth-order valence-electron chi connectivity index (χ4n) is 6.07. The maximum absolute atomic E-state index is 5.37. The molecule has 0 bridgehead atoms. The van der Waals surface area contributed by atoms with Gasteiger partial charge in [0.05, 0.1) is 17.1 Å². The van der Waals surface area contributed by atoms with Crippen LogP contribution in [0.1, 0.15) is 179 Å². The minimum Gasteiger partial charge on any atom is -0.251 e. The van der Waals surface area contributed by atoms with E-state index in [9.17, 15) is 0 Å². The van der Waals surface area contributed by atoms with E-state index in [1.165, 1.54) is 125 Å². The van der Waals surface area contributed by atoms with Crippen molar-refractivity contribution in [3.8, 4) is 11.8 Å². The summed E-state index contributed by atoms with van der Waals surface area (Å²) in [4.78, 5) is 10.7. The first kappa shape index (κ1) is 43.0. The molecule has 0 aliphatic heterocycles. The molecular weight excluding hydrogens is 663 g/mol. The first-order valence-corrected chi connectivity index (χ1v) is 19.5. The van der Waals surface area contributed by atoms with Crippen molar-refractivity contribution in [2.24, 2.45) is 9.98 Å². The topological polar surface area (TPSA) is 24.7 Å². The Labute approximate surface area is 305 Å². The first-order chi connectivity index (χ1) is 22.6. The number of aryl methyl sites for hydroxylation is 4. The molecule has 0 spiro atoms. The van der Waals surface area contributed by atoms with Crippen molar-refractivity contribution in [1.29, 1.82) is 0 Å². The van der Waals surface area contributed by atoms with Crippen LogP contribution in [0.3, 0.4) is 0 Å². The Morgan fingerprint density at radius 3 is 1.36 bits per heavy atom. The van der Waals surface area contributed by atoms with Gasteiger partial charge in [-0.05, 0) is 123 Å². The van der Waals surface area contributed by atoms with Gasteiger partial charge in [-0.3, -0.25) is 4.99 Å². The molecule has 0 N–H and O–H groups in total. The van der Waals surface area contributed by atoms with Crippen molar-refractivity contribution in [2.75, 3.05) is 0 Å². The van der Waals surface area contributed by atoms with E-state index < -0.39 is 0 Å². The summed E-state index contributed by atoms with van der Waals surface area (Å²) in [7, 11) is 0. The Balaban J connectivity index is 0.0000110. The van der Waals surface area contributed by atoms with Gasteiger partial charge in [-0.2, -0.15) is 0 Å². The maximum atomic E-state index is 5.37. The third-order valence-corrected chi connectivity index (χ3v) is 8.96. The van der Waals surface area contributed by atoms with Crippen LogP contribution in [0.2, 0.25) is 0 Å². The van der Waals surface area contributed by atoms with Gasteiger partial charge in [-0.15, -0.1) is 0 Å². The predicted molar refractivity (Wildman–Crippen MR) is 207 cm³/mol. The molecule has 0 radical (unpaired) electrons. The molecule has 264 valence electrons. The van der Waals surface area contributed by atoms with Crippen molar-refractivity contribution in [1.82, 2.24) is 0 Å². The molecule has 0 amide bonds. The molecule has 0 saturated carbocycles. The second kappa shape index (κ2) is 27.9. The number of nitrogens with zero attached hydrogens (tertiary/aromatic N) is 2. The van der Waals surface area contributed by atoms with E-state index in [-0.39, 0.29) is 20.4 Å². The van der Waals surface area contributed by atoms with Crippen LogP contribution in [0.25, 0.3) is 0 Å². The van der Waals surface area contributed by atoms with Crippen molar-refractivity contribution in [2.45, 2.75) is 183 Å². The van der Waals surface area contributed by atoms with Crippen molar-refractivity contribution >= 4 is 22.8 Å². The minimum atomic E-state index is 0. The van der Waals surface area contributed by atoms with Crippen molar-refractivity contribution < 1.29 is 20.4 Å². The third-order valence-electron chi connectivity index (χ3n) is 8.96. The SMILES string of the molecule is CCCC#CC(=N\c1ccc(CCCCC)c(CCCCC)c1)/C(CCCCC)=N/c1ccc(CCCCC)c(CCCCC)c1.[Pd]. The van der Waals surface area contributed by atoms with Crippen molar-refractivity contribution in [3.05, 3.63) is 58.7 Å². The number of unbranched alkanes of at least 4 members (excludes halogenated alkanes) is 11. The molecule has 0 atom stereocenters. The molecule has 2 nitrogen and oxygen atoms in total. The molecule has 0 aliphatic carbocycles. The van der Waals surface area contributed by atoms with Gasteiger partial charge in [0.25, 0.3) is 0 Å². The molecule has 2 aromatic rings. The van der Waals surface area contributed by atoms with Crippen LogP contribution >= 0.6 is 0 Å². The summed E-state index contributed by atoms with van der Waals surface area (Å²) < 4.78 is 0. The fourth-order valence-corrected chi connectivity index (χ4v) is 6.07. The average molecular weight is 731 g/mol. The summed E-state index contributed by atoms with van der Waals surface area (Å²) >= 11 is 0. The molecule has 47 heavy (non-hydrogen) atoms. The summed E-state index contributed by atoms with van der Waals surface area (Å²) in [6, 6.07) is 13.9. The van der Waals surface area contributed by atoms with Gasteiger partial charge >= 0.3 is 0 Å². The van der Waals surface area contributed by atoms with Gasteiger partial charge in [0.2, 0.25) is 0 Å². The van der Waals surface area contributed by atoms with E-state index in [0.717, 1.165) is 61.3 Å². The van der Waals surface area contributed by atoms with Crippen LogP contribution in [0, 0.1) is 11.8 Å². The standard InChI is InChI=1S/C44H68N2.Pd/c1-7-13-19-25-37-31-33-41(35-39(37)27-21-15-9-3)45-43(29-23-17-11-5)44(30-24-18-12-6)46-42-34-32-38(26-20-14-8-2)40(36-42)28-22-16-10-4;/h31-36H,7-23,25-29H2,1-6H3;/b45-43+,46-44+;. The number of hydrogen-bond acceptors (Lipinski definition) is 2. The summed E-state index contributed by atoms with van der Waals surface area (Å²) in [6.45, 7) is 13.6. The van der Waals surface area contributed by atoms with Gasteiger partial charge in [0, 0.05) is 26.8 Å². The van der Waals surface area contributed by atoms with E-state index in [0.29, 0.717) is 0 Å². The van der Waals surface area contributed by atoms with Gasteiger partial charge in [0.1, 0.15) is 5.71 Å². The Kier molecular flexibility index (Phi) is 25.5. The van der Waals surface area contributed by atoms with Crippen LogP contribution in [0.15, 0.2) is 46.4 Å². The van der Waals surface area contributed by atoms with Crippen molar-refractivity contribution in [3.63, 3.8) is 0 Å². The fraction of sp³-hybridized carbons (Fsp3) is 0.636. The molecule has 3 heteroatoms. The van der Waals surface area contributed by atoms with Crippen LogP contribution < -0.4 is 0 Å². The molecule has 0 fully saturated rings. The predicted octanol–water partition coefficient (Wildman–Crippen LogP) is 13.8. The quantitative estimate of drug-likeness (QED) is 0.0445. The zero-order valence-electron chi connectivity index (χ0n) is 31.2. The Hall–Kier alpha value is -2.00. The molecule has 2 rings (SSSR count). The van der Waals surface area contributed by atoms with Gasteiger partial charge in [0.15, 0.2) is 0 Å². The molecule has 0 heterocycles. The Morgan fingerprint density at radius 1 is 0.489 bits per heavy atom. The number of benzene rings is 2. The molecule has 0 saturated heterocycles. The normalized spacial score (nSPS) is 11.7. The average Bonchev–Trinajstić information content (AvgIpc) is 3.06. The smallest absolute Gasteiger partial charge is 0.135 e. The summed E-state index contributed by atoms with van der Waals surface area (Å²) in [5.41, 5.74) is 10.00. The zero-order valence-corrected chi connectivity index (χ0v) is 32.8.